The van der Waals surface area contributed by atoms with Gasteiger partial charge < -0.3 is 0 Å². The Bertz CT molecular complexity index is 421. The zero-order valence-corrected chi connectivity index (χ0v) is 15.7. The maximum atomic E-state index is 4.84. The van der Waals surface area contributed by atoms with Crippen molar-refractivity contribution in [2.24, 2.45) is 0 Å². The highest BCUT2D eigenvalue weighted by molar-refractivity contribution is 7.86. The highest BCUT2D eigenvalue weighted by atomic mass is 31.2. The first-order chi connectivity index (χ1) is 8.97. The van der Waals surface area contributed by atoms with E-state index in [9.17, 15) is 0 Å². The molecule has 0 radical (unpaired) electrons. The molecule has 0 aliphatic rings. The summed E-state index contributed by atoms with van der Waals surface area (Å²) in [6, 6.07) is 7.21. The molecule has 0 aliphatic heterocycles. The van der Waals surface area contributed by atoms with Crippen LogP contribution in [0.5, 0.6) is 0 Å². The van der Waals surface area contributed by atoms with E-state index in [1.807, 2.05) is 0 Å². The monoisotopic (exact) mass is 292 g/mol. The van der Waals surface area contributed by atoms with Gasteiger partial charge in [0.1, 0.15) is 0 Å². The van der Waals surface area contributed by atoms with Crippen LogP contribution in [0.2, 0.25) is 0 Å². The Morgan fingerprint density at radius 1 is 0.800 bits per heavy atom. The molecule has 0 fully saturated rings. The maximum Gasteiger partial charge on any atom is 0.0661 e. The van der Waals surface area contributed by atoms with Crippen LogP contribution in [0, 0.1) is 6.66 Å². The molecule has 0 spiro atoms. The van der Waals surface area contributed by atoms with Crippen LogP contribution in [0.1, 0.15) is 66.5 Å². The maximum absolute atomic E-state index is 4.84. The lowest BCUT2D eigenvalue weighted by Crippen LogP contribution is -2.38. The van der Waals surface area contributed by atoms with E-state index in [1.54, 1.807) is 0 Å². The van der Waals surface area contributed by atoms with Gasteiger partial charge in [0, 0.05) is 0 Å². The molecule has 20 heavy (non-hydrogen) atoms. The molecule has 0 bridgehead atoms. The van der Waals surface area contributed by atoms with Gasteiger partial charge in [0.25, 0.3) is 0 Å². The van der Waals surface area contributed by atoms with Crippen LogP contribution in [0.15, 0.2) is 18.2 Å². The number of benzene rings is 1. The van der Waals surface area contributed by atoms with Gasteiger partial charge in [-0.2, -0.15) is 6.66 Å². The lowest BCUT2D eigenvalue weighted by molar-refractivity contribution is 0.702. The Hall–Kier alpha value is -0.350. The van der Waals surface area contributed by atoms with Crippen LogP contribution in [0.4, 0.5) is 0 Å². The molecular weight excluding hydrogens is 259 g/mol. The van der Waals surface area contributed by atoms with Crippen LogP contribution in [-0.2, 0) is 12.8 Å². The van der Waals surface area contributed by atoms with Gasteiger partial charge >= 0.3 is 0 Å². The first-order valence-corrected chi connectivity index (χ1v) is 9.81. The fourth-order valence-electron chi connectivity index (χ4n) is 3.15. The fraction of sp³-hybridized carbons (Fsp3) is 0.632. The molecule has 1 aromatic rings. The first-order valence-electron chi connectivity index (χ1n) is 7.84. The van der Waals surface area contributed by atoms with Crippen molar-refractivity contribution in [3.8, 4) is 0 Å². The predicted octanol–water partition coefficient (Wildman–Crippen LogP) is 5.84. The topological polar surface area (TPSA) is 0 Å². The molecule has 1 rings (SSSR count). The van der Waals surface area contributed by atoms with Gasteiger partial charge in [-0.3, -0.25) is 0 Å². The zero-order valence-electron chi connectivity index (χ0n) is 14.8. The summed E-state index contributed by atoms with van der Waals surface area (Å²) >= 11 is 0. The van der Waals surface area contributed by atoms with Gasteiger partial charge in [0.15, 0.2) is 0 Å². The number of rotatable bonds is 3. The van der Waals surface area contributed by atoms with E-state index in [2.05, 4.69) is 73.6 Å². The highest BCUT2D eigenvalue weighted by Gasteiger charge is 2.49. The summed E-state index contributed by atoms with van der Waals surface area (Å²) in [5.74, 6) is 0. The van der Waals surface area contributed by atoms with Crippen molar-refractivity contribution in [3.05, 3.63) is 36.0 Å². The lowest BCUT2D eigenvalue weighted by Gasteiger charge is -2.51. The van der Waals surface area contributed by atoms with Gasteiger partial charge in [-0.25, -0.2) is 0 Å². The van der Waals surface area contributed by atoms with Crippen molar-refractivity contribution >= 4 is 12.6 Å². The van der Waals surface area contributed by atoms with E-state index < -0.39 is 7.26 Å². The average Bonchev–Trinajstić information content (AvgIpc) is 2.34. The van der Waals surface area contributed by atoms with E-state index >= 15 is 0 Å². The Balaban J connectivity index is 3.58. The molecule has 0 nitrogen and oxygen atoms in total. The molecule has 0 unspecified atom stereocenters. The van der Waals surface area contributed by atoms with Crippen LogP contribution >= 0.6 is 7.26 Å². The molecule has 0 saturated heterocycles. The van der Waals surface area contributed by atoms with Gasteiger partial charge in [0.2, 0.25) is 0 Å². The molecule has 0 saturated carbocycles. The number of hydrogen-bond acceptors (Lipinski definition) is 0. The summed E-state index contributed by atoms with van der Waals surface area (Å²) in [6.45, 7) is 23.5. The standard InChI is InChI=1S/C19H33P/c1-10-15-12-16(11-2)14-17(13-15)20(9,18(3,4)5)19(6,7)8/h12-14H,9-11H2,1-8H3. The first kappa shape index (κ1) is 17.7. The molecule has 1 aromatic carbocycles. The molecule has 0 aliphatic carbocycles. The molecule has 0 amide bonds. The lowest BCUT2D eigenvalue weighted by atomic mass is 10.1. The summed E-state index contributed by atoms with van der Waals surface area (Å²) in [5, 5.41) is 1.96. The third kappa shape index (κ3) is 3.11. The van der Waals surface area contributed by atoms with Crippen LogP contribution < -0.4 is 5.30 Å². The van der Waals surface area contributed by atoms with Crippen LogP contribution in [0.25, 0.3) is 0 Å². The van der Waals surface area contributed by atoms with Crippen molar-refractivity contribution in [2.75, 3.05) is 0 Å². The molecular formula is C19H33P. The van der Waals surface area contributed by atoms with E-state index in [4.69, 9.17) is 6.66 Å². The quantitative estimate of drug-likeness (QED) is 0.485. The average molecular weight is 292 g/mol. The van der Waals surface area contributed by atoms with E-state index in [0.29, 0.717) is 0 Å². The smallest absolute Gasteiger partial charge is 0.0661 e. The number of aryl methyl sites for hydroxylation is 2. The van der Waals surface area contributed by atoms with Crippen molar-refractivity contribution in [1.29, 1.82) is 0 Å². The Labute approximate surface area is 127 Å². The fourth-order valence-corrected chi connectivity index (χ4v) is 7.49. The van der Waals surface area contributed by atoms with Crippen molar-refractivity contribution in [1.82, 2.24) is 0 Å². The largest absolute Gasteiger partial charge is 0.174 e. The third-order valence-electron chi connectivity index (χ3n) is 4.58. The van der Waals surface area contributed by atoms with Gasteiger partial charge in [-0.1, -0.05) is 27.2 Å². The summed E-state index contributed by atoms with van der Waals surface area (Å²) in [7, 11) is -1.52. The Morgan fingerprint density at radius 2 is 1.15 bits per heavy atom. The predicted molar refractivity (Wildman–Crippen MR) is 96.6 cm³/mol. The second-order valence-corrected chi connectivity index (χ2v) is 12.7. The Kier molecular flexibility index (Phi) is 5.13. The second kappa shape index (κ2) is 5.80. The molecule has 0 N–H and O–H groups in total. The summed E-state index contributed by atoms with van der Waals surface area (Å²) in [6.07, 6.45) is 2.21. The molecule has 114 valence electrons. The zero-order chi connectivity index (χ0) is 15.8. The minimum absolute atomic E-state index is 0.225. The van der Waals surface area contributed by atoms with E-state index in [1.165, 1.54) is 16.4 Å². The van der Waals surface area contributed by atoms with Gasteiger partial charge in [-0.15, -0.1) is 0 Å². The molecule has 1 heteroatoms. The van der Waals surface area contributed by atoms with Crippen LogP contribution in [0.3, 0.4) is 0 Å². The molecule has 0 atom stereocenters. The second-order valence-electron chi connectivity index (χ2n) is 7.87. The summed E-state index contributed by atoms with van der Waals surface area (Å²) in [4.78, 5) is 0. The normalized spacial score (nSPS) is 13.7. The van der Waals surface area contributed by atoms with Crippen molar-refractivity contribution in [2.45, 2.75) is 78.5 Å². The molecule has 0 aromatic heterocycles. The Morgan fingerprint density at radius 3 is 1.40 bits per heavy atom. The number of hydrogen-bond donors (Lipinski definition) is 0. The van der Waals surface area contributed by atoms with E-state index in [-0.39, 0.29) is 10.3 Å². The third-order valence-corrected chi connectivity index (χ3v) is 10.3. The summed E-state index contributed by atoms with van der Waals surface area (Å²) < 4.78 is 0. The van der Waals surface area contributed by atoms with Crippen LogP contribution in [-0.4, -0.2) is 10.3 Å². The minimum Gasteiger partial charge on any atom is -0.174 e. The SMILES string of the molecule is [CH2-][P+](c1cc(CC)cc(CC)c1)(C(C)(C)C)C(C)(C)C. The minimum atomic E-state index is -1.52. The van der Waals surface area contributed by atoms with Crippen molar-refractivity contribution in [3.63, 3.8) is 0 Å². The highest BCUT2D eigenvalue weighted by Crippen LogP contribution is 2.74. The summed E-state index contributed by atoms with van der Waals surface area (Å²) in [5.41, 5.74) is 2.92. The molecule has 0 heterocycles. The van der Waals surface area contributed by atoms with Gasteiger partial charge in [-0.05, 0) is 77.6 Å². The van der Waals surface area contributed by atoms with E-state index in [0.717, 1.165) is 12.8 Å². The van der Waals surface area contributed by atoms with Crippen molar-refractivity contribution < 1.29 is 0 Å². The van der Waals surface area contributed by atoms with Gasteiger partial charge in [0.05, 0.1) is 15.6 Å².